The monoisotopic (exact) mass is 405 g/mol. The van der Waals surface area contributed by atoms with Crippen LogP contribution in [0.2, 0.25) is 0 Å². The van der Waals surface area contributed by atoms with E-state index in [0.29, 0.717) is 0 Å². The van der Waals surface area contributed by atoms with E-state index in [9.17, 15) is 0 Å². The molecule has 0 N–H and O–H groups in total. The summed E-state index contributed by atoms with van der Waals surface area (Å²) < 4.78 is 6.42. The zero-order chi connectivity index (χ0) is 21.6. The van der Waals surface area contributed by atoms with Crippen LogP contribution < -0.4 is 0 Å². The molecule has 2 nitrogen and oxygen atoms in total. The average molecular weight is 406 g/mol. The molecule has 0 aliphatic heterocycles. The molecule has 2 aromatic heterocycles. The third-order valence-corrected chi connectivity index (χ3v) is 5.72. The SMILES string of the molecule is Cc1ccc(-c2ccc3c(c2)oc2c(-c4cc(CC(C)(C)C)ccn4)cccc23)cc1. The van der Waals surface area contributed by atoms with E-state index in [1.807, 2.05) is 6.20 Å². The third kappa shape index (κ3) is 3.86. The summed E-state index contributed by atoms with van der Waals surface area (Å²) in [6.07, 6.45) is 2.92. The highest BCUT2D eigenvalue weighted by Gasteiger charge is 2.16. The maximum atomic E-state index is 6.42. The van der Waals surface area contributed by atoms with Gasteiger partial charge in [-0.05, 0) is 65.8 Å². The van der Waals surface area contributed by atoms with Crippen molar-refractivity contribution >= 4 is 21.9 Å². The van der Waals surface area contributed by atoms with Crippen LogP contribution in [-0.2, 0) is 6.42 Å². The Labute approximate surface area is 183 Å². The predicted octanol–water partition coefficient (Wildman–Crippen LogP) is 8.21. The fraction of sp³-hybridized carbons (Fsp3) is 0.207. The molecule has 5 aromatic rings. The number of furan rings is 1. The first-order valence-corrected chi connectivity index (χ1v) is 10.8. The molecule has 0 spiro atoms. The molecule has 0 saturated heterocycles. The fourth-order valence-electron chi connectivity index (χ4n) is 4.27. The van der Waals surface area contributed by atoms with Crippen molar-refractivity contribution in [2.75, 3.05) is 0 Å². The van der Waals surface area contributed by atoms with Gasteiger partial charge in [0.25, 0.3) is 0 Å². The van der Waals surface area contributed by atoms with Gasteiger partial charge in [0.2, 0.25) is 0 Å². The molecular formula is C29H27NO. The van der Waals surface area contributed by atoms with Crippen molar-refractivity contribution in [3.8, 4) is 22.4 Å². The largest absolute Gasteiger partial charge is 0.455 e. The number of hydrogen-bond donors (Lipinski definition) is 0. The molecular weight excluding hydrogens is 378 g/mol. The van der Waals surface area contributed by atoms with Gasteiger partial charge in [0.05, 0.1) is 5.69 Å². The van der Waals surface area contributed by atoms with E-state index in [-0.39, 0.29) is 5.41 Å². The van der Waals surface area contributed by atoms with Gasteiger partial charge in [0, 0.05) is 22.5 Å². The molecule has 0 fully saturated rings. The van der Waals surface area contributed by atoms with Crippen LogP contribution in [0, 0.1) is 12.3 Å². The standard InChI is InChI=1S/C29H27NO/c1-19-8-10-21(11-9-19)22-12-13-23-24-6-5-7-25(28(24)31-27(23)17-22)26-16-20(14-15-30-26)18-29(2,3)4/h5-17H,18H2,1-4H3. The topological polar surface area (TPSA) is 26.0 Å². The molecule has 154 valence electrons. The summed E-state index contributed by atoms with van der Waals surface area (Å²) in [4.78, 5) is 4.67. The van der Waals surface area contributed by atoms with Crippen LogP contribution >= 0.6 is 0 Å². The van der Waals surface area contributed by atoms with Crippen LogP contribution in [-0.4, -0.2) is 4.98 Å². The number of benzene rings is 3. The molecule has 0 bridgehead atoms. The highest BCUT2D eigenvalue weighted by atomic mass is 16.3. The Kier molecular flexibility index (Phi) is 4.66. The number of fused-ring (bicyclic) bond motifs is 3. The Bertz CT molecular complexity index is 1380. The fourth-order valence-corrected chi connectivity index (χ4v) is 4.27. The average Bonchev–Trinajstić information content (AvgIpc) is 3.11. The first kappa shape index (κ1) is 19.6. The molecule has 31 heavy (non-hydrogen) atoms. The number of hydrogen-bond acceptors (Lipinski definition) is 2. The number of pyridine rings is 1. The third-order valence-electron chi connectivity index (χ3n) is 5.72. The number of rotatable bonds is 3. The molecule has 0 saturated carbocycles. The summed E-state index contributed by atoms with van der Waals surface area (Å²) in [5.41, 5.74) is 8.97. The second-order valence-corrected chi connectivity index (χ2v) is 9.65. The van der Waals surface area contributed by atoms with Crippen LogP contribution in [0.5, 0.6) is 0 Å². The molecule has 5 rings (SSSR count). The maximum Gasteiger partial charge on any atom is 0.144 e. The van der Waals surface area contributed by atoms with Crippen molar-refractivity contribution in [1.29, 1.82) is 0 Å². The first-order chi connectivity index (χ1) is 14.9. The van der Waals surface area contributed by atoms with Crippen molar-refractivity contribution in [1.82, 2.24) is 4.98 Å². The van der Waals surface area contributed by atoms with Gasteiger partial charge < -0.3 is 4.42 Å². The quantitative estimate of drug-likeness (QED) is 0.302. The van der Waals surface area contributed by atoms with E-state index < -0.39 is 0 Å². The van der Waals surface area contributed by atoms with Crippen LogP contribution in [0.1, 0.15) is 31.9 Å². The maximum absolute atomic E-state index is 6.42. The minimum Gasteiger partial charge on any atom is -0.455 e. The van der Waals surface area contributed by atoms with Gasteiger partial charge in [-0.1, -0.05) is 68.8 Å². The second kappa shape index (κ2) is 7.39. The van der Waals surface area contributed by atoms with Crippen LogP contribution in [0.4, 0.5) is 0 Å². The molecule has 0 atom stereocenters. The molecule has 0 aliphatic rings. The molecule has 0 amide bonds. The Hall–Kier alpha value is -3.39. The van der Waals surface area contributed by atoms with Crippen molar-refractivity contribution in [3.05, 3.63) is 90.1 Å². The van der Waals surface area contributed by atoms with Crippen molar-refractivity contribution < 1.29 is 4.42 Å². The zero-order valence-corrected chi connectivity index (χ0v) is 18.6. The van der Waals surface area contributed by atoms with E-state index in [0.717, 1.165) is 39.6 Å². The lowest BCUT2D eigenvalue weighted by Gasteiger charge is -2.18. The smallest absolute Gasteiger partial charge is 0.144 e. The van der Waals surface area contributed by atoms with Gasteiger partial charge in [-0.15, -0.1) is 0 Å². The molecule has 0 unspecified atom stereocenters. The molecule has 2 heterocycles. The summed E-state index contributed by atoms with van der Waals surface area (Å²) in [6.45, 7) is 8.90. The number of para-hydroxylation sites is 1. The van der Waals surface area contributed by atoms with Crippen molar-refractivity contribution in [2.24, 2.45) is 5.41 Å². The normalized spacial score (nSPS) is 12.0. The number of aromatic nitrogens is 1. The second-order valence-electron chi connectivity index (χ2n) is 9.65. The Morgan fingerprint density at radius 2 is 1.58 bits per heavy atom. The highest BCUT2D eigenvalue weighted by Crippen LogP contribution is 2.37. The number of nitrogens with zero attached hydrogens (tertiary/aromatic N) is 1. The van der Waals surface area contributed by atoms with Gasteiger partial charge in [-0.3, -0.25) is 4.98 Å². The van der Waals surface area contributed by atoms with Gasteiger partial charge in [-0.25, -0.2) is 0 Å². The summed E-state index contributed by atoms with van der Waals surface area (Å²) in [7, 11) is 0. The van der Waals surface area contributed by atoms with Gasteiger partial charge in [-0.2, -0.15) is 0 Å². The zero-order valence-electron chi connectivity index (χ0n) is 18.6. The summed E-state index contributed by atoms with van der Waals surface area (Å²) in [5, 5.41) is 2.27. The van der Waals surface area contributed by atoms with Crippen LogP contribution in [0.25, 0.3) is 44.3 Å². The lowest BCUT2D eigenvalue weighted by molar-refractivity contribution is 0.411. The van der Waals surface area contributed by atoms with Gasteiger partial charge in [0.1, 0.15) is 11.2 Å². The lowest BCUT2D eigenvalue weighted by atomic mass is 9.88. The highest BCUT2D eigenvalue weighted by molar-refractivity contribution is 6.10. The van der Waals surface area contributed by atoms with E-state index in [1.54, 1.807) is 0 Å². The molecule has 0 radical (unpaired) electrons. The molecule has 2 heteroatoms. The van der Waals surface area contributed by atoms with E-state index in [1.165, 1.54) is 22.3 Å². The van der Waals surface area contributed by atoms with Crippen LogP contribution in [0.3, 0.4) is 0 Å². The summed E-state index contributed by atoms with van der Waals surface area (Å²) in [5.74, 6) is 0. The summed E-state index contributed by atoms with van der Waals surface area (Å²) >= 11 is 0. The Morgan fingerprint density at radius 3 is 2.35 bits per heavy atom. The van der Waals surface area contributed by atoms with Crippen molar-refractivity contribution in [3.63, 3.8) is 0 Å². The molecule has 3 aromatic carbocycles. The minimum atomic E-state index is 0.233. The van der Waals surface area contributed by atoms with Crippen LogP contribution in [0.15, 0.2) is 83.4 Å². The number of aryl methyl sites for hydroxylation is 1. The lowest BCUT2D eigenvalue weighted by Crippen LogP contribution is -2.09. The Morgan fingerprint density at radius 1 is 0.806 bits per heavy atom. The van der Waals surface area contributed by atoms with Gasteiger partial charge >= 0.3 is 0 Å². The van der Waals surface area contributed by atoms with Gasteiger partial charge in [0.15, 0.2) is 0 Å². The van der Waals surface area contributed by atoms with Crippen molar-refractivity contribution in [2.45, 2.75) is 34.1 Å². The Balaban J connectivity index is 1.63. The van der Waals surface area contributed by atoms with E-state index in [4.69, 9.17) is 4.42 Å². The molecule has 0 aliphatic carbocycles. The minimum absolute atomic E-state index is 0.233. The first-order valence-electron chi connectivity index (χ1n) is 10.8. The van der Waals surface area contributed by atoms with E-state index >= 15 is 0 Å². The summed E-state index contributed by atoms with van der Waals surface area (Å²) in [6, 6.07) is 25.8. The van der Waals surface area contributed by atoms with E-state index in [2.05, 4.69) is 105 Å². The predicted molar refractivity (Wildman–Crippen MR) is 130 cm³/mol.